The van der Waals surface area contributed by atoms with Crippen LogP contribution in [-0.4, -0.2) is 0 Å². The summed E-state index contributed by atoms with van der Waals surface area (Å²) in [6, 6.07) is 0. The molecule has 17 saturated carbocycles. The molecule has 17 rings (SSSR count). The van der Waals surface area contributed by atoms with Gasteiger partial charge in [-0.25, -0.2) is 0 Å². The Kier molecular flexibility index (Phi) is 22.7. The fourth-order valence-corrected chi connectivity index (χ4v) is 22.8. The second kappa shape index (κ2) is 27.6. The summed E-state index contributed by atoms with van der Waals surface area (Å²) in [5.74, 6) is 11.5. The van der Waals surface area contributed by atoms with Crippen molar-refractivity contribution in [1.82, 2.24) is 0 Å². The maximum absolute atomic E-state index is 2.51. The van der Waals surface area contributed by atoms with Crippen molar-refractivity contribution in [2.45, 2.75) is 393 Å². The normalized spacial score (nSPS) is 41.7. The van der Waals surface area contributed by atoms with Crippen LogP contribution in [0.1, 0.15) is 393 Å². The van der Waals surface area contributed by atoms with E-state index in [4.69, 9.17) is 0 Å². The third kappa shape index (κ3) is 16.6. The number of hydrogen-bond acceptors (Lipinski definition) is 0. The zero-order valence-corrected chi connectivity index (χ0v) is 57.7. The summed E-state index contributed by atoms with van der Waals surface area (Å²) < 4.78 is 0. The Morgan fingerprint density at radius 2 is 0.700 bits per heavy atom. The Morgan fingerprint density at radius 1 is 0.338 bits per heavy atom. The molecule has 0 radical (unpaired) electrons. The summed E-state index contributed by atoms with van der Waals surface area (Å²) in [5, 5.41) is 0. The third-order valence-electron chi connectivity index (χ3n) is 31.0. The van der Waals surface area contributed by atoms with Crippen LogP contribution >= 0.6 is 0 Å². The lowest BCUT2D eigenvalue weighted by atomic mass is 9.46. The van der Waals surface area contributed by atoms with Crippen molar-refractivity contribution in [3.05, 3.63) is 0 Å². The average molecular weight is 1110 g/mol. The van der Waals surface area contributed by atoms with Crippen LogP contribution in [0.15, 0.2) is 0 Å². The molecular weight excluding hydrogens is 961 g/mol. The van der Waals surface area contributed by atoms with Crippen molar-refractivity contribution < 1.29 is 0 Å². The summed E-state index contributed by atoms with van der Waals surface area (Å²) in [6.45, 7) is 36.7. The lowest BCUT2D eigenvalue weighted by molar-refractivity contribution is -0.0911. The molecule has 8 bridgehead atoms. The molecule has 0 N–H and O–H groups in total. The summed E-state index contributed by atoms with van der Waals surface area (Å²) in [5.41, 5.74) is 6.72. The average Bonchev–Trinajstić information content (AvgIpc) is 4.24. The molecule has 1 unspecified atom stereocenters. The van der Waals surface area contributed by atoms with E-state index in [1.54, 1.807) is 89.9 Å². The molecule has 0 heterocycles. The lowest BCUT2D eigenvalue weighted by Crippen LogP contribution is -2.50. The standard InChI is InChI=1S/C14H26.C12H20.2C12H22.2C11H20.C8H16/c1-12-4-6-14(7-5-12)10-8-13(2,3)9-11-14;1-2-12-6-9-3-10(7-12)5-11(4-9)8-12;1-9-11(2,3)10-5-7-12(9,4)8-6-10;1-11-5-9-12(10-6-11)7-3-2-4-8-12;1-8-9(2)11(3)6-4-10(8)5-7-11;1-10-4-8-11(9-5-10)6-2-3-7-11;1-3-8(2)6-4-5-7-8/h12H,4-11H2,1-3H3;9-11H,2-8H2,1H3;9-10H,5-8H2,1-4H3;11H,2-10H2,1H3;8-10H,4-7H2,1-3H3;10H,2-9H2,1H3;3-7H2,1-2H3/t;;9-,10?,12?;;8?,9-,10?,11?;;/m..0.0../s1. The lowest BCUT2D eigenvalue weighted by Gasteiger charge is -2.59. The van der Waals surface area contributed by atoms with Crippen molar-refractivity contribution in [2.24, 2.45) is 114 Å². The van der Waals surface area contributed by atoms with Gasteiger partial charge < -0.3 is 0 Å². The van der Waals surface area contributed by atoms with Crippen molar-refractivity contribution in [1.29, 1.82) is 0 Å². The molecular formula is C80H146. The van der Waals surface area contributed by atoms with E-state index in [0.29, 0.717) is 21.7 Å². The second-order valence-corrected chi connectivity index (χ2v) is 37.2. The van der Waals surface area contributed by atoms with Gasteiger partial charge in [0, 0.05) is 0 Å². The zero-order valence-electron chi connectivity index (χ0n) is 57.7. The van der Waals surface area contributed by atoms with Gasteiger partial charge in [-0.2, -0.15) is 0 Å². The molecule has 0 aromatic carbocycles. The number of fused-ring (bicyclic) bond motifs is 6. The van der Waals surface area contributed by atoms with Crippen molar-refractivity contribution in [3.8, 4) is 0 Å². The van der Waals surface area contributed by atoms with Gasteiger partial charge in [-0.15, -0.1) is 0 Å². The predicted octanol–water partition coefficient (Wildman–Crippen LogP) is 26.6. The predicted molar refractivity (Wildman–Crippen MR) is 353 cm³/mol. The maximum atomic E-state index is 2.51. The van der Waals surface area contributed by atoms with Gasteiger partial charge >= 0.3 is 0 Å². The van der Waals surface area contributed by atoms with Crippen molar-refractivity contribution in [3.63, 3.8) is 0 Å². The third-order valence-corrected chi connectivity index (χ3v) is 31.0. The second-order valence-electron chi connectivity index (χ2n) is 37.2. The summed E-state index contributed by atoms with van der Waals surface area (Å²) in [6.07, 6.45) is 68.5. The highest BCUT2D eigenvalue weighted by atomic mass is 14.6. The van der Waals surface area contributed by atoms with Gasteiger partial charge in [0.25, 0.3) is 0 Å². The van der Waals surface area contributed by atoms with Crippen LogP contribution in [0.3, 0.4) is 0 Å². The van der Waals surface area contributed by atoms with Crippen LogP contribution in [0.5, 0.6) is 0 Å². The summed E-state index contributed by atoms with van der Waals surface area (Å²) in [7, 11) is 0. The van der Waals surface area contributed by atoms with E-state index in [1.807, 2.05) is 0 Å². The Hall–Kier alpha value is 0. The van der Waals surface area contributed by atoms with Gasteiger partial charge in [-0.05, 0) is 306 Å². The summed E-state index contributed by atoms with van der Waals surface area (Å²) in [4.78, 5) is 0. The van der Waals surface area contributed by atoms with E-state index in [-0.39, 0.29) is 0 Å². The molecule has 0 aliphatic heterocycles. The number of hydrogen-bond donors (Lipinski definition) is 0. The SMILES string of the molecule is CC1C2CCC(C)(CC2)[C@H]1C.CC1CCC2(CC1)CCC(C)(C)CC2.CC1CCC2(CCCC2)CC1.CC1CCC2(CCCCC2)CC1.CCC1(C)CCCC1.CCC12CC3CC(CC(C3)C1)C2.C[C@@H]1C2(C)CCC(CC2)C1(C)C. The van der Waals surface area contributed by atoms with Crippen LogP contribution in [0.25, 0.3) is 0 Å². The smallest absolute Gasteiger partial charge is 0.0292 e. The van der Waals surface area contributed by atoms with Crippen LogP contribution < -0.4 is 0 Å². The maximum Gasteiger partial charge on any atom is -0.0292 e. The van der Waals surface area contributed by atoms with Gasteiger partial charge in [-0.3, -0.25) is 0 Å². The largest absolute Gasteiger partial charge is 0.0649 e. The summed E-state index contributed by atoms with van der Waals surface area (Å²) >= 11 is 0. The monoisotopic (exact) mass is 1110 g/mol. The molecule has 17 fully saturated rings. The Bertz CT molecular complexity index is 1720. The molecule has 17 aliphatic rings. The highest BCUT2D eigenvalue weighted by molar-refractivity contribution is 5.03. The minimum absolute atomic E-state index is 0.616. The fraction of sp³-hybridized carbons (Fsp3) is 1.00. The van der Waals surface area contributed by atoms with Crippen molar-refractivity contribution in [2.75, 3.05) is 0 Å². The van der Waals surface area contributed by atoms with Crippen LogP contribution in [-0.2, 0) is 0 Å². The molecule has 0 aromatic rings. The molecule has 0 saturated heterocycles. The Morgan fingerprint density at radius 3 is 1.02 bits per heavy atom. The van der Waals surface area contributed by atoms with E-state index in [9.17, 15) is 0 Å². The molecule has 3 atom stereocenters. The Balaban J connectivity index is 0.000000123. The fourth-order valence-electron chi connectivity index (χ4n) is 22.8. The topological polar surface area (TPSA) is 0 Å². The first kappa shape index (κ1) is 66.0. The molecule has 0 nitrogen and oxygen atoms in total. The quantitative estimate of drug-likeness (QED) is 0.259. The first-order valence-corrected chi connectivity index (χ1v) is 37.8. The molecule has 80 heavy (non-hydrogen) atoms. The zero-order chi connectivity index (χ0) is 57.7. The molecule has 17 aliphatic carbocycles. The van der Waals surface area contributed by atoms with E-state index >= 15 is 0 Å². The molecule has 0 heteroatoms. The van der Waals surface area contributed by atoms with Gasteiger partial charge in [0.15, 0.2) is 0 Å². The van der Waals surface area contributed by atoms with Crippen LogP contribution in [0.2, 0.25) is 0 Å². The molecule has 466 valence electrons. The minimum Gasteiger partial charge on any atom is -0.0649 e. The number of rotatable bonds is 2. The van der Waals surface area contributed by atoms with Gasteiger partial charge in [0.05, 0.1) is 0 Å². The molecule has 0 aromatic heterocycles. The van der Waals surface area contributed by atoms with E-state index in [1.165, 1.54) is 199 Å². The van der Waals surface area contributed by atoms with E-state index in [2.05, 4.69) is 104 Å². The molecule has 3 spiro atoms. The van der Waals surface area contributed by atoms with Gasteiger partial charge in [0.2, 0.25) is 0 Å². The van der Waals surface area contributed by atoms with E-state index < -0.39 is 0 Å². The first-order chi connectivity index (χ1) is 37.8. The van der Waals surface area contributed by atoms with Gasteiger partial charge in [0.1, 0.15) is 0 Å². The van der Waals surface area contributed by atoms with Crippen molar-refractivity contribution >= 4 is 0 Å². The molecule has 0 amide bonds. The Labute approximate surface area is 504 Å². The minimum atomic E-state index is 0.616. The van der Waals surface area contributed by atoms with Crippen LogP contribution in [0, 0.1) is 114 Å². The van der Waals surface area contributed by atoms with E-state index in [0.717, 1.165) is 92.2 Å². The van der Waals surface area contributed by atoms with Gasteiger partial charge in [-0.1, -0.05) is 200 Å². The highest BCUT2D eigenvalue weighted by Gasteiger charge is 2.53. The first-order valence-electron chi connectivity index (χ1n) is 37.8. The highest BCUT2D eigenvalue weighted by Crippen LogP contribution is 2.63. The van der Waals surface area contributed by atoms with Crippen LogP contribution in [0.4, 0.5) is 0 Å².